The normalized spacial score (nSPS) is 14.9. The van der Waals surface area contributed by atoms with E-state index in [2.05, 4.69) is 10.3 Å². The molecule has 3 N–H and O–H groups in total. The maximum absolute atomic E-state index is 13.6. The monoisotopic (exact) mass is 475 g/mol. The first kappa shape index (κ1) is 24.2. The summed E-state index contributed by atoms with van der Waals surface area (Å²) in [6, 6.07) is 13.2. The molecule has 0 aliphatic heterocycles. The summed E-state index contributed by atoms with van der Waals surface area (Å²) in [6.45, 7) is 1.16. The number of aliphatic carboxylic acids is 1. The summed E-state index contributed by atoms with van der Waals surface area (Å²) in [6.07, 6.45) is 5.58. The molecule has 1 aromatic heterocycles. The molecule has 8 heteroatoms. The number of hydrogen-bond acceptors (Lipinski definition) is 4. The number of nitrogens with one attached hydrogen (secondary N) is 2. The van der Waals surface area contributed by atoms with Gasteiger partial charge in [-0.05, 0) is 49.4 Å². The van der Waals surface area contributed by atoms with E-state index in [1.54, 1.807) is 42.5 Å². The summed E-state index contributed by atoms with van der Waals surface area (Å²) in [5, 5.41) is 13.0. The van der Waals surface area contributed by atoms with Gasteiger partial charge in [0.25, 0.3) is 11.7 Å². The highest BCUT2D eigenvalue weighted by atomic mass is 16.4. The molecule has 8 nitrogen and oxygen atoms in total. The molecule has 1 unspecified atom stereocenters. The number of ketones is 1. The number of para-hydroxylation sites is 1. The summed E-state index contributed by atoms with van der Waals surface area (Å²) < 4.78 is 0. The lowest BCUT2D eigenvalue weighted by atomic mass is 9.82. The second kappa shape index (κ2) is 10.5. The first-order valence-corrected chi connectivity index (χ1v) is 11.9. The minimum absolute atomic E-state index is 0.155. The van der Waals surface area contributed by atoms with Gasteiger partial charge in [0.15, 0.2) is 0 Å². The van der Waals surface area contributed by atoms with Crippen molar-refractivity contribution in [1.29, 1.82) is 0 Å². The standard InChI is InChI=1S/C27H29N3O5/c1-17-8-7-11-19(14-17)29-26(34)24(18-9-3-2-4-10-18)30(16-23(31)32)27(35)25(33)21-15-28-22-13-6-5-12-20(21)22/h5-8,11-15,18,24,28H,2-4,9-10,16H2,1H3,(H,29,34)(H,31,32). The molecule has 2 aromatic carbocycles. The first-order chi connectivity index (χ1) is 16.8. The quantitative estimate of drug-likeness (QED) is 0.334. The number of carbonyl (C=O) groups is 4. The van der Waals surface area contributed by atoms with Crippen LogP contribution in [0.25, 0.3) is 10.9 Å². The zero-order valence-corrected chi connectivity index (χ0v) is 19.6. The van der Waals surface area contributed by atoms with E-state index in [-0.39, 0.29) is 11.5 Å². The highest BCUT2D eigenvalue weighted by molar-refractivity contribution is 6.45. The van der Waals surface area contributed by atoms with Crippen LogP contribution in [-0.2, 0) is 14.4 Å². The van der Waals surface area contributed by atoms with Gasteiger partial charge in [-0.15, -0.1) is 0 Å². The van der Waals surface area contributed by atoms with Crippen molar-refractivity contribution >= 4 is 40.2 Å². The number of carboxylic acids is 1. The fourth-order valence-electron chi connectivity index (χ4n) is 4.95. The molecule has 182 valence electrons. The smallest absolute Gasteiger partial charge is 0.323 e. The summed E-state index contributed by atoms with van der Waals surface area (Å²) >= 11 is 0. The van der Waals surface area contributed by atoms with E-state index < -0.39 is 36.2 Å². The number of aromatic nitrogens is 1. The van der Waals surface area contributed by atoms with Crippen molar-refractivity contribution in [2.75, 3.05) is 11.9 Å². The van der Waals surface area contributed by atoms with Crippen LogP contribution in [0, 0.1) is 12.8 Å². The molecule has 0 bridgehead atoms. The van der Waals surface area contributed by atoms with Crippen LogP contribution in [-0.4, -0.2) is 51.1 Å². The van der Waals surface area contributed by atoms with E-state index >= 15 is 0 Å². The molecule has 1 heterocycles. The van der Waals surface area contributed by atoms with E-state index in [1.165, 1.54) is 6.20 Å². The van der Waals surface area contributed by atoms with Crippen LogP contribution < -0.4 is 5.32 Å². The Hall–Kier alpha value is -3.94. The lowest BCUT2D eigenvalue weighted by Crippen LogP contribution is -2.55. The molecule has 0 saturated heterocycles. The van der Waals surface area contributed by atoms with Gasteiger partial charge in [-0.2, -0.15) is 0 Å². The average molecular weight is 476 g/mol. The number of rotatable bonds is 8. The van der Waals surface area contributed by atoms with Crippen molar-refractivity contribution in [3.05, 3.63) is 65.9 Å². The van der Waals surface area contributed by atoms with Gasteiger partial charge in [-0.3, -0.25) is 19.2 Å². The van der Waals surface area contributed by atoms with Crippen LogP contribution in [0.5, 0.6) is 0 Å². The molecular weight excluding hydrogens is 446 g/mol. The van der Waals surface area contributed by atoms with Crippen molar-refractivity contribution in [3.8, 4) is 0 Å². The van der Waals surface area contributed by atoms with Gasteiger partial charge in [-0.25, -0.2) is 0 Å². The van der Waals surface area contributed by atoms with Crippen LogP contribution in [0.4, 0.5) is 5.69 Å². The van der Waals surface area contributed by atoms with E-state index in [9.17, 15) is 24.3 Å². The van der Waals surface area contributed by atoms with Gasteiger partial charge < -0.3 is 20.3 Å². The zero-order valence-electron chi connectivity index (χ0n) is 19.6. The number of nitrogens with zero attached hydrogens (tertiary/aromatic N) is 1. The Labute approximate surface area is 203 Å². The van der Waals surface area contributed by atoms with Gasteiger partial charge in [-0.1, -0.05) is 49.6 Å². The van der Waals surface area contributed by atoms with Gasteiger partial charge in [0.1, 0.15) is 12.6 Å². The molecule has 1 atom stereocenters. The molecule has 0 spiro atoms. The van der Waals surface area contributed by atoms with E-state index in [1.807, 2.05) is 13.0 Å². The highest BCUT2D eigenvalue weighted by Crippen LogP contribution is 2.31. The molecule has 0 radical (unpaired) electrons. The van der Waals surface area contributed by atoms with Gasteiger partial charge in [0.2, 0.25) is 5.91 Å². The van der Waals surface area contributed by atoms with E-state index in [0.717, 1.165) is 29.7 Å². The lowest BCUT2D eigenvalue weighted by Gasteiger charge is -2.36. The lowest BCUT2D eigenvalue weighted by molar-refractivity contribution is -0.147. The SMILES string of the molecule is Cc1cccc(NC(=O)C(C2CCCCC2)N(CC(=O)O)C(=O)C(=O)c2c[nH]c3ccccc23)c1. The molecule has 1 aliphatic rings. The number of amides is 2. The van der Waals surface area contributed by atoms with Crippen molar-refractivity contribution in [2.24, 2.45) is 5.92 Å². The third-order valence-electron chi connectivity index (χ3n) is 6.58. The fourth-order valence-corrected chi connectivity index (χ4v) is 4.95. The van der Waals surface area contributed by atoms with E-state index in [4.69, 9.17) is 0 Å². The van der Waals surface area contributed by atoms with Crippen LogP contribution in [0.3, 0.4) is 0 Å². The number of benzene rings is 2. The van der Waals surface area contributed by atoms with Crippen molar-refractivity contribution in [3.63, 3.8) is 0 Å². The number of carboxylic acid groups (broad SMARTS) is 1. The molecule has 3 aromatic rings. The number of fused-ring (bicyclic) bond motifs is 1. The predicted molar refractivity (Wildman–Crippen MR) is 132 cm³/mol. The Balaban J connectivity index is 1.69. The zero-order chi connectivity index (χ0) is 24.9. The minimum atomic E-state index is -1.28. The molecule has 2 amide bonds. The maximum Gasteiger partial charge on any atom is 0.323 e. The van der Waals surface area contributed by atoms with Gasteiger partial charge in [0.05, 0.1) is 5.56 Å². The summed E-state index contributed by atoms with van der Waals surface area (Å²) in [5.41, 5.74) is 2.35. The van der Waals surface area contributed by atoms with Crippen molar-refractivity contribution in [2.45, 2.75) is 45.1 Å². The molecule has 1 fully saturated rings. The van der Waals surface area contributed by atoms with Crippen LogP contribution in [0.2, 0.25) is 0 Å². The van der Waals surface area contributed by atoms with Crippen LogP contribution in [0.15, 0.2) is 54.7 Å². The Bertz CT molecular complexity index is 1260. The molecule has 1 aliphatic carbocycles. The van der Waals surface area contributed by atoms with Gasteiger partial charge >= 0.3 is 5.97 Å². The minimum Gasteiger partial charge on any atom is -0.480 e. The highest BCUT2D eigenvalue weighted by Gasteiger charge is 2.40. The molecular formula is C27H29N3O5. The topological polar surface area (TPSA) is 120 Å². The Morgan fingerprint density at radius 2 is 1.80 bits per heavy atom. The molecule has 1 saturated carbocycles. The second-order valence-corrected chi connectivity index (χ2v) is 9.11. The number of anilines is 1. The van der Waals surface area contributed by atoms with Crippen molar-refractivity contribution in [1.82, 2.24) is 9.88 Å². The number of aryl methyl sites for hydroxylation is 1. The fraction of sp³-hybridized carbons (Fsp3) is 0.333. The first-order valence-electron chi connectivity index (χ1n) is 11.9. The van der Waals surface area contributed by atoms with Crippen molar-refractivity contribution < 1.29 is 24.3 Å². The predicted octanol–water partition coefficient (Wildman–Crippen LogP) is 4.16. The van der Waals surface area contributed by atoms with E-state index in [0.29, 0.717) is 29.4 Å². The number of H-pyrrole nitrogens is 1. The number of carbonyl (C=O) groups excluding carboxylic acids is 3. The number of aromatic amines is 1. The molecule has 35 heavy (non-hydrogen) atoms. The van der Waals surface area contributed by atoms with Crippen LogP contribution >= 0.6 is 0 Å². The third-order valence-corrected chi connectivity index (χ3v) is 6.58. The summed E-state index contributed by atoms with van der Waals surface area (Å²) in [5.74, 6) is -3.84. The van der Waals surface area contributed by atoms with Crippen LogP contribution in [0.1, 0.15) is 48.0 Å². The molecule has 4 rings (SSSR count). The largest absolute Gasteiger partial charge is 0.480 e. The second-order valence-electron chi connectivity index (χ2n) is 9.11. The summed E-state index contributed by atoms with van der Waals surface area (Å²) in [4.78, 5) is 56.1. The third kappa shape index (κ3) is 5.42. The Kier molecular flexibility index (Phi) is 7.29. The summed E-state index contributed by atoms with van der Waals surface area (Å²) in [7, 11) is 0. The Morgan fingerprint density at radius 1 is 1.06 bits per heavy atom. The average Bonchev–Trinajstić information content (AvgIpc) is 3.27. The van der Waals surface area contributed by atoms with Gasteiger partial charge in [0, 0.05) is 22.8 Å². The maximum atomic E-state index is 13.6. The number of hydrogen-bond donors (Lipinski definition) is 3. The number of Topliss-reactive ketones (excluding diaryl/α,β-unsaturated/α-hetero) is 1. The Morgan fingerprint density at radius 3 is 2.51 bits per heavy atom.